The molecule has 2 aliphatic heterocycles. The van der Waals surface area contributed by atoms with Crippen molar-refractivity contribution in [2.45, 2.75) is 64.6 Å². The molecule has 0 unspecified atom stereocenters. The largest absolute Gasteiger partial charge is 0.447 e. The standard InChI is InChI=1S/C16H21NO4.C13H15NO3/c1-11(16(2,3)20)14(18)17-13(10-21-15(17)19)9-12-7-5-4-6-8-12;1-2-12(15)14-11(9-17-13(14)16)8-10-6-4-3-5-7-10/h4-8,11,13,20H,9-10H2,1-3H3;3-7,11H,2,8-9H2,1H3/t11-,13-;11-/m11/s1. The molecule has 2 aliphatic rings. The highest BCUT2D eigenvalue weighted by Crippen LogP contribution is 2.25. The maximum atomic E-state index is 12.5. The molecule has 4 amide bonds. The van der Waals surface area contributed by atoms with Gasteiger partial charge in [0.1, 0.15) is 13.2 Å². The molecule has 2 heterocycles. The molecule has 0 radical (unpaired) electrons. The van der Waals surface area contributed by atoms with E-state index in [4.69, 9.17) is 9.47 Å². The van der Waals surface area contributed by atoms with Crippen LogP contribution in [-0.4, -0.2) is 69.8 Å². The van der Waals surface area contributed by atoms with Gasteiger partial charge >= 0.3 is 12.2 Å². The number of benzene rings is 2. The molecule has 204 valence electrons. The van der Waals surface area contributed by atoms with Crippen molar-refractivity contribution in [2.75, 3.05) is 13.2 Å². The Morgan fingerprint density at radius 2 is 1.29 bits per heavy atom. The monoisotopic (exact) mass is 524 g/mol. The van der Waals surface area contributed by atoms with Crippen LogP contribution in [0, 0.1) is 5.92 Å². The smallest absolute Gasteiger partial charge is 0.416 e. The van der Waals surface area contributed by atoms with Gasteiger partial charge in [0.15, 0.2) is 0 Å². The van der Waals surface area contributed by atoms with Gasteiger partial charge in [-0.1, -0.05) is 74.5 Å². The zero-order chi connectivity index (χ0) is 27.9. The molecule has 4 rings (SSSR count). The van der Waals surface area contributed by atoms with Crippen LogP contribution in [0.15, 0.2) is 60.7 Å². The van der Waals surface area contributed by atoms with Crippen LogP contribution in [0.3, 0.4) is 0 Å². The Kier molecular flexibility index (Phi) is 9.63. The van der Waals surface area contributed by atoms with Crippen molar-refractivity contribution in [3.8, 4) is 0 Å². The highest BCUT2D eigenvalue weighted by atomic mass is 16.6. The predicted molar refractivity (Wildman–Crippen MR) is 140 cm³/mol. The average Bonchev–Trinajstić information content (AvgIpc) is 3.45. The Morgan fingerprint density at radius 1 is 0.868 bits per heavy atom. The van der Waals surface area contributed by atoms with Crippen molar-refractivity contribution in [1.82, 2.24) is 9.80 Å². The summed E-state index contributed by atoms with van der Waals surface area (Å²) in [6, 6.07) is 18.9. The van der Waals surface area contributed by atoms with Gasteiger partial charge in [-0.25, -0.2) is 19.4 Å². The van der Waals surface area contributed by atoms with Crippen LogP contribution in [0.1, 0.15) is 45.2 Å². The van der Waals surface area contributed by atoms with Crippen molar-refractivity contribution >= 4 is 24.0 Å². The third-order valence-electron chi connectivity index (χ3n) is 6.79. The first kappa shape index (κ1) is 28.8. The highest BCUT2D eigenvalue weighted by Gasteiger charge is 2.43. The number of amides is 4. The number of carbonyl (C=O) groups excluding carboxylic acids is 4. The molecular formula is C29H36N2O7. The van der Waals surface area contributed by atoms with E-state index < -0.39 is 29.6 Å². The molecule has 2 aromatic carbocycles. The van der Waals surface area contributed by atoms with Crippen molar-refractivity contribution in [2.24, 2.45) is 5.92 Å². The second-order valence-electron chi connectivity index (χ2n) is 10.0. The molecule has 0 saturated carbocycles. The molecule has 0 aromatic heterocycles. The normalized spacial score (nSPS) is 19.8. The van der Waals surface area contributed by atoms with Crippen molar-refractivity contribution < 1.29 is 33.8 Å². The lowest BCUT2D eigenvalue weighted by Crippen LogP contribution is -2.48. The number of nitrogens with zero attached hydrogens (tertiary/aromatic N) is 2. The number of cyclic esters (lactones) is 2. The quantitative estimate of drug-likeness (QED) is 0.583. The average molecular weight is 525 g/mol. The van der Waals surface area contributed by atoms with Crippen LogP contribution in [0.25, 0.3) is 0 Å². The van der Waals surface area contributed by atoms with E-state index in [0.29, 0.717) is 25.9 Å². The Hall–Kier alpha value is -3.72. The second-order valence-corrected chi connectivity index (χ2v) is 10.0. The Balaban J connectivity index is 0.000000215. The summed E-state index contributed by atoms with van der Waals surface area (Å²) in [5, 5.41) is 9.98. The molecule has 2 aromatic rings. The Labute approximate surface area is 223 Å². The van der Waals surface area contributed by atoms with E-state index in [1.807, 2.05) is 60.7 Å². The first-order chi connectivity index (χ1) is 18.0. The third kappa shape index (κ3) is 7.19. The molecule has 0 aliphatic carbocycles. The van der Waals surface area contributed by atoms with Crippen LogP contribution < -0.4 is 0 Å². The van der Waals surface area contributed by atoms with Gasteiger partial charge in [0.05, 0.1) is 23.6 Å². The zero-order valence-corrected chi connectivity index (χ0v) is 22.3. The molecule has 1 N–H and O–H groups in total. The maximum Gasteiger partial charge on any atom is 0.416 e. The molecule has 2 fully saturated rings. The molecular weight excluding hydrogens is 488 g/mol. The fraction of sp³-hybridized carbons (Fsp3) is 0.448. The topological polar surface area (TPSA) is 113 Å². The summed E-state index contributed by atoms with van der Waals surface area (Å²) in [4.78, 5) is 49.8. The van der Waals surface area contributed by atoms with E-state index in [-0.39, 0.29) is 24.6 Å². The van der Waals surface area contributed by atoms with Gasteiger partial charge in [-0.15, -0.1) is 0 Å². The minimum Gasteiger partial charge on any atom is -0.447 e. The number of rotatable bonds is 7. The minimum absolute atomic E-state index is 0.169. The second kappa shape index (κ2) is 12.7. The van der Waals surface area contributed by atoms with E-state index in [0.717, 1.165) is 16.0 Å². The first-order valence-corrected chi connectivity index (χ1v) is 12.8. The molecule has 0 bridgehead atoms. The van der Waals surface area contributed by atoms with E-state index >= 15 is 0 Å². The summed E-state index contributed by atoms with van der Waals surface area (Å²) in [5.74, 6) is -1.25. The Morgan fingerprint density at radius 3 is 1.71 bits per heavy atom. The van der Waals surface area contributed by atoms with Gasteiger partial charge in [-0.3, -0.25) is 9.59 Å². The number of ether oxygens (including phenoxy) is 2. The highest BCUT2D eigenvalue weighted by molar-refractivity contribution is 5.95. The lowest BCUT2D eigenvalue weighted by Gasteiger charge is -2.29. The van der Waals surface area contributed by atoms with E-state index in [1.165, 1.54) is 4.90 Å². The molecule has 2 saturated heterocycles. The van der Waals surface area contributed by atoms with Crippen LogP contribution in [0.4, 0.5) is 9.59 Å². The lowest BCUT2D eigenvalue weighted by atomic mass is 9.91. The van der Waals surface area contributed by atoms with Gasteiger partial charge < -0.3 is 14.6 Å². The summed E-state index contributed by atoms with van der Waals surface area (Å²) >= 11 is 0. The summed E-state index contributed by atoms with van der Waals surface area (Å²) in [7, 11) is 0. The summed E-state index contributed by atoms with van der Waals surface area (Å²) in [5.41, 5.74) is 0.955. The van der Waals surface area contributed by atoms with Gasteiger partial charge in [-0.2, -0.15) is 0 Å². The molecule has 9 nitrogen and oxygen atoms in total. The van der Waals surface area contributed by atoms with Crippen LogP contribution in [0.5, 0.6) is 0 Å². The SMILES string of the molecule is CCC(=O)N1C(=O)OC[C@H]1Cc1ccccc1.C[C@H](C(=O)N1C(=O)OC[C@H]1Cc1ccccc1)C(C)(C)O. The number of carbonyl (C=O) groups is 4. The van der Waals surface area contributed by atoms with Gasteiger partial charge in [0, 0.05) is 6.42 Å². The third-order valence-corrected chi connectivity index (χ3v) is 6.79. The van der Waals surface area contributed by atoms with E-state index in [2.05, 4.69) is 0 Å². The van der Waals surface area contributed by atoms with Crippen LogP contribution >= 0.6 is 0 Å². The van der Waals surface area contributed by atoms with Gasteiger partial charge in [0.25, 0.3) is 0 Å². The van der Waals surface area contributed by atoms with Crippen molar-refractivity contribution in [1.29, 1.82) is 0 Å². The maximum absolute atomic E-state index is 12.5. The molecule has 0 spiro atoms. The van der Waals surface area contributed by atoms with E-state index in [9.17, 15) is 24.3 Å². The number of hydrogen-bond donors (Lipinski definition) is 1. The Bertz CT molecular complexity index is 1110. The molecule has 9 heteroatoms. The zero-order valence-electron chi connectivity index (χ0n) is 22.3. The predicted octanol–water partition coefficient (Wildman–Crippen LogP) is 3.97. The fourth-order valence-corrected chi connectivity index (χ4v) is 4.25. The number of hydrogen-bond acceptors (Lipinski definition) is 7. The lowest BCUT2D eigenvalue weighted by molar-refractivity contribution is -0.140. The minimum atomic E-state index is -1.18. The summed E-state index contributed by atoms with van der Waals surface area (Å²) in [6.07, 6.45) is 0.380. The van der Waals surface area contributed by atoms with Gasteiger partial charge in [-0.05, 0) is 37.8 Å². The number of aliphatic hydroxyl groups is 1. The summed E-state index contributed by atoms with van der Waals surface area (Å²) < 4.78 is 9.96. The first-order valence-electron chi connectivity index (χ1n) is 12.8. The molecule has 38 heavy (non-hydrogen) atoms. The van der Waals surface area contributed by atoms with Gasteiger partial charge in [0.2, 0.25) is 11.8 Å². The van der Waals surface area contributed by atoms with Crippen LogP contribution in [-0.2, 0) is 31.9 Å². The van der Waals surface area contributed by atoms with Crippen molar-refractivity contribution in [3.63, 3.8) is 0 Å². The van der Waals surface area contributed by atoms with Crippen LogP contribution in [0.2, 0.25) is 0 Å². The number of imide groups is 2. The fourth-order valence-electron chi connectivity index (χ4n) is 4.25. The summed E-state index contributed by atoms with van der Waals surface area (Å²) in [6.45, 7) is 6.96. The van der Waals surface area contributed by atoms with Crippen molar-refractivity contribution in [3.05, 3.63) is 71.8 Å². The molecule has 3 atom stereocenters. The van der Waals surface area contributed by atoms with E-state index in [1.54, 1.807) is 27.7 Å².